The van der Waals surface area contributed by atoms with Crippen LogP contribution in [0.4, 0.5) is 0 Å². The number of nitrogens with one attached hydrogen (secondary N) is 1. The van der Waals surface area contributed by atoms with Crippen molar-refractivity contribution >= 4 is 0 Å². The first-order valence-corrected chi connectivity index (χ1v) is 4.09. The molecule has 0 bridgehead atoms. The Hall–Kier alpha value is -0.120. The van der Waals surface area contributed by atoms with Crippen molar-refractivity contribution in [3.63, 3.8) is 0 Å². The molecule has 0 aromatic rings. The van der Waals surface area contributed by atoms with Crippen molar-refractivity contribution in [1.29, 1.82) is 0 Å². The molecule has 1 N–H and O–H groups in total. The first-order valence-electron chi connectivity index (χ1n) is 4.09. The summed E-state index contributed by atoms with van der Waals surface area (Å²) in [6.45, 7) is 7.47. The first-order chi connectivity index (χ1) is 4.95. The number of rotatable bonds is 4. The predicted molar refractivity (Wildman–Crippen MR) is 49.2 cm³/mol. The van der Waals surface area contributed by atoms with Crippen molar-refractivity contribution in [2.45, 2.75) is 26.4 Å². The summed E-state index contributed by atoms with van der Waals surface area (Å²) in [6.07, 6.45) is 0. The van der Waals surface area contributed by atoms with E-state index in [0.717, 1.165) is 6.54 Å². The lowest BCUT2D eigenvalue weighted by atomic mass is 10.2. The standard InChI is InChI=1S/C8H21N3/c1-7-10(5)11(6)8(2,3)9-4/h9H,7H2,1-6H3. The molecule has 0 saturated heterocycles. The van der Waals surface area contributed by atoms with Gasteiger partial charge in [-0.3, -0.25) is 0 Å². The molecule has 0 saturated carbocycles. The van der Waals surface area contributed by atoms with Gasteiger partial charge in [0.05, 0.1) is 5.66 Å². The van der Waals surface area contributed by atoms with Crippen molar-refractivity contribution in [1.82, 2.24) is 15.3 Å². The summed E-state index contributed by atoms with van der Waals surface area (Å²) in [5.74, 6) is 0. The Labute approximate surface area is 70.3 Å². The van der Waals surface area contributed by atoms with E-state index in [9.17, 15) is 0 Å². The highest BCUT2D eigenvalue weighted by atomic mass is 15.6. The van der Waals surface area contributed by atoms with Gasteiger partial charge in [0.15, 0.2) is 0 Å². The summed E-state index contributed by atoms with van der Waals surface area (Å²) >= 11 is 0. The second kappa shape index (κ2) is 4.04. The van der Waals surface area contributed by atoms with Gasteiger partial charge in [0, 0.05) is 20.6 Å². The third kappa shape index (κ3) is 2.77. The van der Waals surface area contributed by atoms with Crippen molar-refractivity contribution in [2.75, 3.05) is 27.7 Å². The largest absolute Gasteiger partial charge is 0.302 e. The lowest BCUT2D eigenvalue weighted by Crippen LogP contribution is -2.57. The fourth-order valence-corrected chi connectivity index (χ4v) is 0.801. The Morgan fingerprint density at radius 2 is 1.73 bits per heavy atom. The number of hydrogen-bond acceptors (Lipinski definition) is 3. The average Bonchev–Trinajstić information content (AvgIpc) is 2.01. The van der Waals surface area contributed by atoms with Crippen LogP contribution >= 0.6 is 0 Å². The number of nitrogens with zero attached hydrogens (tertiary/aromatic N) is 2. The molecule has 0 rings (SSSR count). The zero-order valence-corrected chi connectivity index (χ0v) is 8.60. The maximum absolute atomic E-state index is 3.24. The maximum atomic E-state index is 3.24. The number of hydrogen-bond donors (Lipinski definition) is 1. The molecule has 11 heavy (non-hydrogen) atoms. The highest BCUT2D eigenvalue weighted by molar-refractivity contribution is 4.71. The van der Waals surface area contributed by atoms with Gasteiger partial charge in [-0.25, -0.2) is 10.0 Å². The molecule has 0 aromatic carbocycles. The first kappa shape index (κ1) is 10.9. The number of hydrazine groups is 1. The summed E-state index contributed by atoms with van der Waals surface area (Å²) in [5, 5.41) is 7.61. The van der Waals surface area contributed by atoms with Crippen molar-refractivity contribution < 1.29 is 0 Å². The van der Waals surface area contributed by atoms with Crippen LogP contribution in [0.25, 0.3) is 0 Å². The molecular formula is C8H21N3. The van der Waals surface area contributed by atoms with Gasteiger partial charge in [-0.2, -0.15) is 0 Å². The Balaban J connectivity index is 4.10. The van der Waals surface area contributed by atoms with E-state index < -0.39 is 0 Å². The van der Waals surface area contributed by atoms with Gasteiger partial charge in [0.25, 0.3) is 0 Å². The van der Waals surface area contributed by atoms with Gasteiger partial charge in [0.1, 0.15) is 0 Å². The molecule has 0 aliphatic rings. The Morgan fingerprint density at radius 3 is 2.00 bits per heavy atom. The minimum Gasteiger partial charge on any atom is -0.302 e. The second-order valence-electron chi connectivity index (χ2n) is 3.31. The Morgan fingerprint density at radius 1 is 1.27 bits per heavy atom. The molecule has 0 fully saturated rings. The van der Waals surface area contributed by atoms with E-state index in [1.54, 1.807) is 0 Å². The highest BCUT2D eigenvalue weighted by Gasteiger charge is 2.22. The molecule has 0 atom stereocenters. The molecule has 68 valence electrons. The molecule has 0 amide bonds. The SMILES string of the molecule is CCN(C)N(C)C(C)(C)NC. The van der Waals surface area contributed by atoms with Crippen LogP contribution in [0.15, 0.2) is 0 Å². The summed E-state index contributed by atoms with van der Waals surface area (Å²) in [4.78, 5) is 0. The van der Waals surface area contributed by atoms with Gasteiger partial charge in [-0.15, -0.1) is 0 Å². The topological polar surface area (TPSA) is 18.5 Å². The van der Waals surface area contributed by atoms with E-state index >= 15 is 0 Å². The zero-order chi connectivity index (χ0) is 9.07. The van der Waals surface area contributed by atoms with Crippen molar-refractivity contribution in [3.05, 3.63) is 0 Å². The van der Waals surface area contributed by atoms with Crippen molar-refractivity contribution in [3.8, 4) is 0 Å². The van der Waals surface area contributed by atoms with Crippen molar-refractivity contribution in [2.24, 2.45) is 0 Å². The molecule has 0 aliphatic heterocycles. The van der Waals surface area contributed by atoms with Crippen LogP contribution < -0.4 is 5.32 Å². The van der Waals surface area contributed by atoms with Crippen LogP contribution in [0.3, 0.4) is 0 Å². The van der Waals surface area contributed by atoms with Gasteiger partial charge in [0.2, 0.25) is 0 Å². The van der Waals surface area contributed by atoms with E-state index in [0.29, 0.717) is 0 Å². The van der Waals surface area contributed by atoms with E-state index in [1.807, 2.05) is 7.05 Å². The molecule has 0 radical (unpaired) electrons. The van der Waals surface area contributed by atoms with Crippen LogP contribution in [-0.2, 0) is 0 Å². The quantitative estimate of drug-likeness (QED) is 0.482. The third-order valence-electron chi connectivity index (χ3n) is 2.39. The molecule has 0 unspecified atom stereocenters. The minimum absolute atomic E-state index is 0.0325. The fourth-order valence-electron chi connectivity index (χ4n) is 0.801. The monoisotopic (exact) mass is 159 g/mol. The van der Waals surface area contributed by atoms with Gasteiger partial charge < -0.3 is 5.32 Å². The van der Waals surface area contributed by atoms with Crippen LogP contribution in [0.1, 0.15) is 20.8 Å². The Kier molecular flexibility index (Phi) is 4.00. The lowest BCUT2D eigenvalue weighted by molar-refractivity contribution is -0.0648. The second-order valence-corrected chi connectivity index (χ2v) is 3.31. The predicted octanol–water partition coefficient (Wildman–Crippen LogP) is 0.740. The van der Waals surface area contributed by atoms with Crippen LogP contribution in [0.2, 0.25) is 0 Å². The minimum atomic E-state index is 0.0325. The van der Waals surface area contributed by atoms with E-state index in [-0.39, 0.29) is 5.66 Å². The van der Waals surface area contributed by atoms with Gasteiger partial charge >= 0.3 is 0 Å². The summed E-state index contributed by atoms with van der Waals surface area (Å²) in [5.41, 5.74) is 0.0325. The van der Waals surface area contributed by atoms with Gasteiger partial charge in [-0.1, -0.05) is 6.92 Å². The van der Waals surface area contributed by atoms with Crippen LogP contribution in [0.5, 0.6) is 0 Å². The smallest absolute Gasteiger partial charge is 0.0785 e. The molecular weight excluding hydrogens is 138 g/mol. The zero-order valence-electron chi connectivity index (χ0n) is 8.60. The maximum Gasteiger partial charge on any atom is 0.0785 e. The normalized spacial score (nSPS) is 13.1. The third-order valence-corrected chi connectivity index (χ3v) is 2.39. The molecule has 0 spiro atoms. The van der Waals surface area contributed by atoms with Crippen LogP contribution in [-0.4, -0.2) is 43.4 Å². The molecule has 0 aromatic heterocycles. The molecule has 0 heterocycles. The Bertz CT molecular complexity index is 112. The summed E-state index contributed by atoms with van der Waals surface area (Å²) < 4.78 is 0. The van der Waals surface area contributed by atoms with E-state index in [4.69, 9.17) is 0 Å². The molecule has 3 heteroatoms. The lowest BCUT2D eigenvalue weighted by Gasteiger charge is -2.40. The fraction of sp³-hybridized carbons (Fsp3) is 1.00. The average molecular weight is 159 g/mol. The molecule has 0 aliphatic carbocycles. The summed E-state index contributed by atoms with van der Waals surface area (Å²) in [6, 6.07) is 0. The van der Waals surface area contributed by atoms with Gasteiger partial charge in [-0.05, 0) is 20.9 Å². The van der Waals surface area contributed by atoms with E-state index in [1.165, 1.54) is 0 Å². The molecule has 3 nitrogen and oxygen atoms in total. The van der Waals surface area contributed by atoms with Crippen LogP contribution in [0, 0.1) is 0 Å². The summed E-state index contributed by atoms with van der Waals surface area (Å²) in [7, 11) is 6.14. The highest BCUT2D eigenvalue weighted by Crippen LogP contribution is 2.08. The van der Waals surface area contributed by atoms with E-state index in [2.05, 4.69) is 50.2 Å².